The highest BCUT2D eigenvalue weighted by molar-refractivity contribution is 9.10. The Kier molecular flexibility index (Phi) is 3.99. The zero-order valence-corrected chi connectivity index (χ0v) is 11.4. The van der Waals surface area contributed by atoms with Gasteiger partial charge < -0.3 is 9.73 Å². The van der Waals surface area contributed by atoms with Gasteiger partial charge in [0.05, 0.1) is 6.26 Å². The standard InChI is InChI=1S/C14H12BrNO2/c1-10-4-5-11(9-13(10)15)16-14(17)7-6-12-3-2-8-18-12/h2-9H,1H3,(H,16,17)/b7-6+. The molecule has 1 aromatic heterocycles. The lowest BCUT2D eigenvalue weighted by Gasteiger charge is -2.04. The van der Waals surface area contributed by atoms with E-state index in [0.29, 0.717) is 5.76 Å². The van der Waals surface area contributed by atoms with Crippen LogP contribution in [-0.2, 0) is 4.79 Å². The summed E-state index contributed by atoms with van der Waals surface area (Å²) < 4.78 is 6.06. The number of anilines is 1. The Bertz CT molecular complexity index is 573. The Labute approximate surface area is 114 Å². The molecule has 1 heterocycles. The fourth-order valence-electron chi connectivity index (χ4n) is 1.40. The maximum Gasteiger partial charge on any atom is 0.248 e. The summed E-state index contributed by atoms with van der Waals surface area (Å²) >= 11 is 3.42. The zero-order valence-electron chi connectivity index (χ0n) is 9.81. The molecule has 0 saturated heterocycles. The molecule has 4 heteroatoms. The molecule has 0 aliphatic rings. The number of aryl methyl sites for hydroxylation is 1. The first-order valence-electron chi connectivity index (χ1n) is 5.44. The molecule has 0 aliphatic carbocycles. The summed E-state index contributed by atoms with van der Waals surface area (Å²) in [5.74, 6) is 0.456. The van der Waals surface area contributed by atoms with Crippen molar-refractivity contribution < 1.29 is 9.21 Å². The van der Waals surface area contributed by atoms with Crippen LogP contribution in [0.15, 0.2) is 51.6 Å². The van der Waals surface area contributed by atoms with E-state index in [2.05, 4.69) is 21.2 Å². The Morgan fingerprint density at radius 2 is 2.22 bits per heavy atom. The molecule has 92 valence electrons. The van der Waals surface area contributed by atoms with E-state index in [9.17, 15) is 4.79 Å². The largest absolute Gasteiger partial charge is 0.465 e. The Morgan fingerprint density at radius 1 is 1.39 bits per heavy atom. The molecule has 1 N–H and O–H groups in total. The van der Waals surface area contributed by atoms with Crippen LogP contribution in [0.25, 0.3) is 6.08 Å². The van der Waals surface area contributed by atoms with Crippen LogP contribution in [0, 0.1) is 6.92 Å². The van der Waals surface area contributed by atoms with Gasteiger partial charge in [0.15, 0.2) is 0 Å². The summed E-state index contributed by atoms with van der Waals surface area (Å²) in [7, 11) is 0. The molecule has 0 aliphatic heterocycles. The molecule has 18 heavy (non-hydrogen) atoms. The van der Waals surface area contributed by atoms with Gasteiger partial charge in [0.2, 0.25) is 5.91 Å². The summed E-state index contributed by atoms with van der Waals surface area (Å²) in [6.45, 7) is 1.99. The molecule has 1 aromatic carbocycles. The minimum atomic E-state index is -0.192. The normalized spacial score (nSPS) is 10.8. The van der Waals surface area contributed by atoms with E-state index in [1.54, 1.807) is 24.5 Å². The summed E-state index contributed by atoms with van der Waals surface area (Å²) in [5, 5.41) is 2.77. The lowest BCUT2D eigenvalue weighted by Crippen LogP contribution is -2.07. The van der Waals surface area contributed by atoms with Gasteiger partial charge in [0.25, 0.3) is 0 Å². The Morgan fingerprint density at radius 3 is 2.89 bits per heavy atom. The molecule has 0 radical (unpaired) electrons. The predicted molar refractivity (Wildman–Crippen MR) is 75.3 cm³/mol. The minimum Gasteiger partial charge on any atom is -0.465 e. The monoisotopic (exact) mass is 305 g/mol. The molecule has 0 atom stereocenters. The lowest BCUT2D eigenvalue weighted by molar-refractivity contribution is -0.111. The number of benzene rings is 1. The number of hydrogen-bond acceptors (Lipinski definition) is 2. The number of amides is 1. The number of rotatable bonds is 3. The topological polar surface area (TPSA) is 42.2 Å². The van der Waals surface area contributed by atoms with E-state index in [-0.39, 0.29) is 5.91 Å². The number of halogens is 1. The first-order valence-corrected chi connectivity index (χ1v) is 6.23. The van der Waals surface area contributed by atoms with Crippen molar-refractivity contribution in [2.24, 2.45) is 0 Å². The van der Waals surface area contributed by atoms with Gasteiger partial charge in [-0.05, 0) is 42.8 Å². The van der Waals surface area contributed by atoms with Crippen molar-refractivity contribution in [3.8, 4) is 0 Å². The van der Waals surface area contributed by atoms with Gasteiger partial charge in [-0.15, -0.1) is 0 Å². The number of hydrogen-bond donors (Lipinski definition) is 1. The van der Waals surface area contributed by atoms with Gasteiger partial charge in [0.1, 0.15) is 5.76 Å². The van der Waals surface area contributed by atoms with Gasteiger partial charge in [0, 0.05) is 16.2 Å². The van der Waals surface area contributed by atoms with Gasteiger partial charge in [-0.1, -0.05) is 22.0 Å². The average molecular weight is 306 g/mol. The van der Waals surface area contributed by atoms with Crippen molar-refractivity contribution in [1.82, 2.24) is 0 Å². The molecule has 0 fully saturated rings. The van der Waals surface area contributed by atoms with Crippen LogP contribution in [0.2, 0.25) is 0 Å². The quantitative estimate of drug-likeness (QED) is 0.871. The van der Waals surface area contributed by atoms with Gasteiger partial charge in [-0.3, -0.25) is 4.79 Å². The van der Waals surface area contributed by atoms with Crippen molar-refractivity contribution >= 4 is 33.6 Å². The van der Waals surface area contributed by atoms with Crippen molar-refractivity contribution in [2.75, 3.05) is 5.32 Å². The van der Waals surface area contributed by atoms with Crippen molar-refractivity contribution in [1.29, 1.82) is 0 Å². The Balaban J connectivity index is 2.01. The predicted octanol–water partition coefficient (Wildman–Crippen LogP) is 4.00. The highest BCUT2D eigenvalue weighted by Gasteiger charge is 2.00. The summed E-state index contributed by atoms with van der Waals surface area (Å²) in [6.07, 6.45) is 4.62. The van der Waals surface area contributed by atoms with Crippen LogP contribution in [0.5, 0.6) is 0 Å². The summed E-state index contributed by atoms with van der Waals surface area (Å²) in [4.78, 5) is 11.6. The van der Waals surface area contributed by atoms with Crippen LogP contribution in [0.3, 0.4) is 0 Å². The smallest absolute Gasteiger partial charge is 0.248 e. The van der Waals surface area contributed by atoms with Crippen LogP contribution < -0.4 is 5.32 Å². The second kappa shape index (κ2) is 5.69. The van der Waals surface area contributed by atoms with E-state index < -0.39 is 0 Å². The highest BCUT2D eigenvalue weighted by Crippen LogP contribution is 2.20. The highest BCUT2D eigenvalue weighted by atomic mass is 79.9. The third kappa shape index (κ3) is 3.34. The van der Waals surface area contributed by atoms with E-state index in [1.807, 2.05) is 25.1 Å². The van der Waals surface area contributed by atoms with Gasteiger partial charge in [-0.25, -0.2) is 0 Å². The zero-order chi connectivity index (χ0) is 13.0. The van der Waals surface area contributed by atoms with E-state index >= 15 is 0 Å². The molecular formula is C14H12BrNO2. The van der Waals surface area contributed by atoms with Crippen LogP contribution in [-0.4, -0.2) is 5.91 Å². The molecule has 3 nitrogen and oxygen atoms in total. The SMILES string of the molecule is Cc1ccc(NC(=O)/C=C/c2ccco2)cc1Br. The van der Waals surface area contributed by atoms with Crippen LogP contribution in [0.1, 0.15) is 11.3 Å². The third-order valence-electron chi connectivity index (χ3n) is 2.38. The maximum absolute atomic E-state index is 11.6. The van der Waals surface area contributed by atoms with Crippen LogP contribution >= 0.6 is 15.9 Å². The molecular weight excluding hydrogens is 294 g/mol. The summed E-state index contributed by atoms with van der Waals surface area (Å²) in [6, 6.07) is 9.23. The van der Waals surface area contributed by atoms with Crippen molar-refractivity contribution in [3.05, 3.63) is 58.5 Å². The molecule has 2 aromatic rings. The second-order valence-corrected chi connectivity index (χ2v) is 4.66. The third-order valence-corrected chi connectivity index (χ3v) is 3.24. The fraction of sp³-hybridized carbons (Fsp3) is 0.0714. The number of nitrogens with one attached hydrogen (secondary N) is 1. The molecule has 2 rings (SSSR count). The summed E-state index contributed by atoms with van der Waals surface area (Å²) in [5.41, 5.74) is 1.88. The second-order valence-electron chi connectivity index (χ2n) is 3.80. The molecule has 0 saturated carbocycles. The fourth-order valence-corrected chi connectivity index (χ4v) is 1.78. The molecule has 0 spiro atoms. The lowest BCUT2D eigenvalue weighted by atomic mass is 10.2. The molecule has 0 unspecified atom stereocenters. The minimum absolute atomic E-state index is 0.192. The number of carbonyl (C=O) groups is 1. The van der Waals surface area contributed by atoms with Crippen LogP contribution in [0.4, 0.5) is 5.69 Å². The van der Waals surface area contributed by atoms with Crippen molar-refractivity contribution in [3.63, 3.8) is 0 Å². The average Bonchev–Trinajstić information content (AvgIpc) is 2.84. The first-order chi connectivity index (χ1) is 8.65. The molecule has 1 amide bonds. The number of furan rings is 1. The van der Waals surface area contributed by atoms with Gasteiger partial charge >= 0.3 is 0 Å². The van der Waals surface area contributed by atoms with Crippen molar-refractivity contribution in [2.45, 2.75) is 6.92 Å². The van der Waals surface area contributed by atoms with E-state index in [1.165, 1.54) is 6.08 Å². The maximum atomic E-state index is 11.6. The van der Waals surface area contributed by atoms with E-state index in [0.717, 1.165) is 15.7 Å². The van der Waals surface area contributed by atoms with Gasteiger partial charge in [-0.2, -0.15) is 0 Å². The Hall–Kier alpha value is -1.81. The molecule has 0 bridgehead atoms. The van der Waals surface area contributed by atoms with E-state index in [4.69, 9.17) is 4.42 Å². The first kappa shape index (κ1) is 12.6. The number of carbonyl (C=O) groups excluding carboxylic acids is 1.